The van der Waals surface area contributed by atoms with E-state index in [1.807, 2.05) is 13.8 Å². The lowest BCUT2D eigenvalue weighted by Crippen LogP contribution is -2.28. The van der Waals surface area contributed by atoms with Crippen molar-refractivity contribution in [3.63, 3.8) is 0 Å². The minimum absolute atomic E-state index is 0.0454. The summed E-state index contributed by atoms with van der Waals surface area (Å²) in [6.45, 7) is 11.1. The molecule has 1 atom stereocenters. The maximum absolute atomic E-state index is 12.1. The zero-order chi connectivity index (χ0) is 16.2. The first-order valence-corrected chi connectivity index (χ1v) is 7.65. The second kappa shape index (κ2) is 7.27. The summed E-state index contributed by atoms with van der Waals surface area (Å²) in [4.78, 5) is 12.1. The maximum Gasteiger partial charge on any atom is 0.287 e. The minimum atomic E-state index is -0.501. The highest BCUT2D eigenvalue weighted by atomic mass is 35.5. The summed E-state index contributed by atoms with van der Waals surface area (Å²) in [7, 11) is 0. The molecule has 0 aliphatic rings. The lowest BCUT2D eigenvalue weighted by Gasteiger charge is -2.23. The van der Waals surface area contributed by atoms with Gasteiger partial charge in [-0.1, -0.05) is 46.2 Å². The fourth-order valence-electron chi connectivity index (χ4n) is 2.07. The number of nitrogens with zero attached hydrogens (tertiary/aromatic N) is 2. The Balaban J connectivity index is 2.73. The van der Waals surface area contributed by atoms with Gasteiger partial charge in [0.25, 0.3) is 5.56 Å². The van der Waals surface area contributed by atoms with E-state index in [0.29, 0.717) is 31.1 Å². The number of hydrogen-bond donors (Lipinski definition) is 2. The molecular formula is C15H26ClN3O2. The average molecular weight is 316 g/mol. The second-order valence-electron chi connectivity index (χ2n) is 7.05. The number of halogens is 1. The van der Waals surface area contributed by atoms with Gasteiger partial charge in [0, 0.05) is 13.1 Å². The third kappa shape index (κ3) is 6.06. The normalized spacial score (nSPS) is 13.5. The van der Waals surface area contributed by atoms with Gasteiger partial charge in [0.05, 0.1) is 18.0 Å². The van der Waals surface area contributed by atoms with Crippen molar-refractivity contribution in [3.05, 3.63) is 21.6 Å². The Morgan fingerprint density at radius 1 is 1.43 bits per heavy atom. The molecule has 5 nitrogen and oxygen atoms in total. The van der Waals surface area contributed by atoms with Crippen molar-refractivity contribution in [2.75, 3.05) is 11.9 Å². The highest BCUT2D eigenvalue weighted by molar-refractivity contribution is 6.32. The van der Waals surface area contributed by atoms with E-state index < -0.39 is 6.10 Å². The Morgan fingerprint density at radius 3 is 2.57 bits per heavy atom. The molecule has 0 saturated heterocycles. The van der Waals surface area contributed by atoms with Gasteiger partial charge >= 0.3 is 0 Å². The SMILES string of the molecule is CC(C)Cn1ncc(NCC(O)CC(C)(C)C)c(Cl)c1=O. The molecule has 0 radical (unpaired) electrons. The van der Waals surface area contributed by atoms with Crippen LogP contribution in [0.2, 0.25) is 5.02 Å². The molecule has 1 heterocycles. The number of aliphatic hydroxyl groups is 1. The topological polar surface area (TPSA) is 67.2 Å². The van der Waals surface area contributed by atoms with Crippen molar-refractivity contribution >= 4 is 17.3 Å². The molecule has 0 aliphatic heterocycles. The van der Waals surface area contributed by atoms with Crippen LogP contribution in [0.3, 0.4) is 0 Å². The maximum atomic E-state index is 12.1. The van der Waals surface area contributed by atoms with Crippen LogP contribution in [-0.2, 0) is 6.54 Å². The van der Waals surface area contributed by atoms with Crippen molar-refractivity contribution in [2.45, 2.75) is 53.7 Å². The minimum Gasteiger partial charge on any atom is -0.391 e. The van der Waals surface area contributed by atoms with Crippen LogP contribution in [-0.4, -0.2) is 27.5 Å². The van der Waals surface area contributed by atoms with E-state index >= 15 is 0 Å². The molecule has 1 aromatic rings. The molecule has 1 aromatic heterocycles. The summed E-state index contributed by atoms with van der Waals surface area (Å²) in [6, 6.07) is 0. The molecule has 6 heteroatoms. The molecule has 0 saturated carbocycles. The van der Waals surface area contributed by atoms with Crippen LogP contribution in [0.15, 0.2) is 11.0 Å². The highest BCUT2D eigenvalue weighted by Crippen LogP contribution is 2.21. The Hall–Kier alpha value is -1.07. The van der Waals surface area contributed by atoms with Crippen LogP contribution in [0, 0.1) is 11.3 Å². The summed E-state index contributed by atoms with van der Waals surface area (Å²) in [5, 5.41) is 17.2. The number of anilines is 1. The zero-order valence-corrected chi connectivity index (χ0v) is 14.2. The Labute approximate surface area is 131 Å². The van der Waals surface area contributed by atoms with Crippen molar-refractivity contribution in [1.82, 2.24) is 9.78 Å². The van der Waals surface area contributed by atoms with Crippen molar-refractivity contribution in [3.8, 4) is 0 Å². The van der Waals surface area contributed by atoms with E-state index in [1.54, 1.807) is 0 Å². The lowest BCUT2D eigenvalue weighted by molar-refractivity contribution is 0.132. The number of aliphatic hydroxyl groups excluding tert-OH is 1. The van der Waals surface area contributed by atoms with E-state index in [4.69, 9.17) is 11.6 Å². The Bertz CT molecular complexity index is 521. The van der Waals surface area contributed by atoms with Gasteiger partial charge in [0.15, 0.2) is 0 Å². The standard InChI is InChI=1S/C15H26ClN3O2/c1-10(2)9-19-14(21)13(16)12(8-18-19)17-7-11(20)6-15(3,4)5/h8,10-11,17,20H,6-7,9H2,1-5H3. The monoisotopic (exact) mass is 315 g/mol. The molecule has 0 fully saturated rings. The van der Waals surface area contributed by atoms with Crippen molar-refractivity contribution < 1.29 is 5.11 Å². The summed E-state index contributed by atoms with van der Waals surface area (Å²) < 4.78 is 1.36. The summed E-state index contributed by atoms with van der Waals surface area (Å²) >= 11 is 6.08. The Morgan fingerprint density at radius 2 is 2.05 bits per heavy atom. The van der Waals surface area contributed by atoms with Crippen LogP contribution in [0.4, 0.5) is 5.69 Å². The summed E-state index contributed by atoms with van der Waals surface area (Å²) in [5.74, 6) is 0.318. The fourth-order valence-corrected chi connectivity index (χ4v) is 2.28. The largest absolute Gasteiger partial charge is 0.391 e. The molecule has 21 heavy (non-hydrogen) atoms. The van der Waals surface area contributed by atoms with Crippen molar-refractivity contribution in [2.24, 2.45) is 11.3 Å². The van der Waals surface area contributed by atoms with E-state index in [1.165, 1.54) is 10.9 Å². The Kier molecular flexibility index (Phi) is 6.23. The smallest absolute Gasteiger partial charge is 0.287 e. The molecule has 0 bridgehead atoms. The van der Waals surface area contributed by atoms with Gasteiger partial charge in [0.2, 0.25) is 0 Å². The predicted molar refractivity (Wildman–Crippen MR) is 86.9 cm³/mol. The third-order valence-corrected chi connectivity index (χ3v) is 3.26. The first-order valence-electron chi connectivity index (χ1n) is 7.27. The number of hydrogen-bond acceptors (Lipinski definition) is 4. The quantitative estimate of drug-likeness (QED) is 0.847. The van der Waals surface area contributed by atoms with Crippen LogP contribution in [0.5, 0.6) is 0 Å². The number of rotatable bonds is 6. The average Bonchev–Trinajstić information content (AvgIpc) is 2.31. The fraction of sp³-hybridized carbons (Fsp3) is 0.733. The first kappa shape index (κ1) is 18.0. The second-order valence-corrected chi connectivity index (χ2v) is 7.43. The van der Waals surface area contributed by atoms with Gasteiger partial charge in [-0.2, -0.15) is 5.10 Å². The van der Waals surface area contributed by atoms with E-state index in [-0.39, 0.29) is 16.0 Å². The van der Waals surface area contributed by atoms with Gasteiger partial charge in [-0.05, 0) is 17.8 Å². The van der Waals surface area contributed by atoms with E-state index in [2.05, 4.69) is 31.2 Å². The molecule has 120 valence electrons. The van der Waals surface area contributed by atoms with Gasteiger partial charge in [-0.3, -0.25) is 4.79 Å². The van der Waals surface area contributed by atoms with Crippen LogP contribution in [0.25, 0.3) is 0 Å². The van der Waals surface area contributed by atoms with Gasteiger partial charge in [0.1, 0.15) is 5.02 Å². The van der Waals surface area contributed by atoms with E-state index in [9.17, 15) is 9.90 Å². The number of aromatic nitrogens is 2. The number of nitrogens with one attached hydrogen (secondary N) is 1. The highest BCUT2D eigenvalue weighted by Gasteiger charge is 2.17. The van der Waals surface area contributed by atoms with Gasteiger partial charge < -0.3 is 10.4 Å². The molecule has 1 rings (SSSR count). The summed E-state index contributed by atoms with van der Waals surface area (Å²) in [6.07, 6.45) is 1.70. The molecule has 0 amide bonds. The van der Waals surface area contributed by atoms with Crippen LogP contribution >= 0.6 is 11.6 Å². The molecule has 0 spiro atoms. The zero-order valence-electron chi connectivity index (χ0n) is 13.5. The summed E-state index contributed by atoms with van der Waals surface area (Å²) in [5.41, 5.74) is 0.208. The van der Waals surface area contributed by atoms with Crippen molar-refractivity contribution in [1.29, 1.82) is 0 Å². The molecule has 1 unspecified atom stereocenters. The first-order chi connectivity index (χ1) is 9.60. The molecule has 0 aromatic carbocycles. The van der Waals surface area contributed by atoms with Gasteiger partial charge in [-0.15, -0.1) is 0 Å². The third-order valence-electron chi connectivity index (χ3n) is 2.90. The molecule has 2 N–H and O–H groups in total. The predicted octanol–water partition coefficient (Wildman–Crippen LogP) is 2.76. The molecule has 0 aliphatic carbocycles. The van der Waals surface area contributed by atoms with E-state index in [0.717, 1.165) is 0 Å². The van der Waals surface area contributed by atoms with Gasteiger partial charge in [-0.25, -0.2) is 4.68 Å². The van der Waals surface area contributed by atoms with Crippen LogP contribution < -0.4 is 10.9 Å². The lowest BCUT2D eigenvalue weighted by atomic mass is 9.89. The van der Waals surface area contributed by atoms with Crippen LogP contribution in [0.1, 0.15) is 41.0 Å². The molecular weight excluding hydrogens is 290 g/mol.